The Hall–Kier alpha value is -5.64. The molecule has 0 radical (unpaired) electrons. The van der Waals surface area contributed by atoms with Gasteiger partial charge in [0.05, 0.1) is 0 Å². The summed E-state index contributed by atoms with van der Waals surface area (Å²) in [6, 6.07) is 61.4. The van der Waals surface area contributed by atoms with Crippen molar-refractivity contribution in [2.45, 2.75) is 19.3 Å². The summed E-state index contributed by atoms with van der Waals surface area (Å²) in [6.07, 6.45) is 0. The van der Waals surface area contributed by atoms with Gasteiger partial charge in [0.1, 0.15) is 0 Å². The first-order valence-corrected chi connectivity index (χ1v) is 17.3. The normalized spacial score (nSPS) is 13.0. The highest BCUT2D eigenvalue weighted by Crippen LogP contribution is 2.55. The van der Waals surface area contributed by atoms with Crippen molar-refractivity contribution in [1.82, 2.24) is 0 Å². The molecule has 2 nitrogen and oxygen atoms in total. The van der Waals surface area contributed by atoms with Crippen molar-refractivity contribution < 1.29 is 0 Å². The van der Waals surface area contributed by atoms with E-state index in [1.807, 2.05) is 11.3 Å². The molecule has 0 bridgehead atoms. The predicted octanol–water partition coefficient (Wildman–Crippen LogP) is 13.3. The van der Waals surface area contributed by atoms with E-state index in [-0.39, 0.29) is 5.41 Å². The maximum Gasteiger partial charge on any atom is 0.0468 e. The van der Waals surface area contributed by atoms with Gasteiger partial charge in [-0.2, -0.15) is 0 Å². The molecule has 48 heavy (non-hydrogen) atoms. The van der Waals surface area contributed by atoms with Crippen LogP contribution in [0, 0.1) is 0 Å². The number of benzene rings is 7. The minimum absolute atomic E-state index is 0.164. The lowest BCUT2D eigenvalue weighted by molar-refractivity contribution is 0.667. The molecule has 0 unspecified atom stereocenters. The molecule has 1 aliphatic rings. The van der Waals surface area contributed by atoms with Crippen LogP contribution in [0.4, 0.5) is 34.1 Å². The Bertz CT molecular complexity index is 2330. The molecular formula is C45H34N2S. The second kappa shape index (κ2) is 11.3. The molecule has 8 aromatic rings. The molecule has 0 saturated carbocycles. The van der Waals surface area contributed by atoms with Crippen LogP contribution in [0.15, 0.2) is 170 Å². The second-order valence-corrected chi connectivity index (χ2v) is 14.1. The smallest absolute Gasteiger partial charge is 0.0468 e. The topological polar surface area (TPSA) is 6.48 Å². The van der Waals surface area contributed by atoms with Crippen LogP contribution in [0.25, 0.3) is 31.3 Å². The minimum Gasteiger partial charge on any atom is -0.310 e. The summed E-state index contributed by atoms with van der Waals surface area (Å²) < 4.78 is 2.70. The van der Waals surface area contributed by atoms with Crippen LogP contribution < -0.4 is 9.80 Å². The first-order valence-electron chi connectivity index (χ1n) is 16.5. The quantitative estimate of drug-likeness (QED) is 0.180. The van der Waals surface area contributed by atoms with Gasteiger partial charge < -0.3 is 9.80 Å². The fourth-order valence-corrected chi connectivity index (χ4v) is 8.96. The molecule has 7 aromatic carbocycles. The molecule has 0 aliphatic heterocycles. The molecule has 0 N–H and O–H groups in total. The second-order valence-electron chi connectivity index (χ2n) is 13.0. The molecule has 0 amide bonds. The Morgan fingerprint density at radius 1 is 0.417 bits per heavy atom. The lowest BCUT2D eigenvalue weighted by Crippen LogP contribution is -2.16. The Balaban J connectivity index is 1.18. The number of anilines is 6. The van der Waals surface area contributed by atoms with Crippen LogP contribution in [-0.2, 0) is 5.41 Å². The summed E-state index contributed by atoms with van der Waals surface area (Å²) in [4.78, 5) is 4.71. The van der Waals surface area contributed by atoms with Crippen LogP contribution in [0.1, 0.15) is 25.0 Å². The molecule has 230 valence electrons. The molecule has 0 atom stereocenters. The maximum atomic E-state index is 2.42. The molecule has 0 fully saturated rings. The maximum absolute atomic E-state index is 2.42. The minimum atomic E-state index is -0.164. The largest absolute Gasteiger partial charge is 0.310 e. The van der Waals surface area contributed by atoms with E-state index in [4.69, 9.17) is 0 Å². The van der Waals surface area contributed by atoms with Crippen molar-refractivity contribution in [2.75, 3.05) is 9.80 Å². The number of nitrogens with zero attached hydrogens (tertiary/aromatic N) is 2. The van der Waals surface area contributed by atoms with Gasteiger partial charge in [0.25, 0.3) is 0 Å². The molecule has 3 heteroatoms. The zero-order valence-electron chi connectivity index (χ0n) is 27.0. The molecular weight excluding hydrogens is 601 g/mol. The summed E-state index contributed by atoms with van der Waals surface area (Å²) in [5.74, 6) is 0. The lowest BCUT2D eigenvalue weighted by atomic mass is 9.81. The average Bonchev–Trinajstić information content (AvgIpc) is 3.62. The zero-order chi connectivity index (χ0) is 32.2. The van der Waals surface area contributed by atoms with E-state index in [9.17, 15) is 0 Å². The fourth-order valence-electron chi connectivity index (χ4n) is 7.57. The van der Waals surface area contributed by atoms with Crippen LogP contribution in [0.3, 0.4) is 0 Å². The van der Waals surface area contributed by atoms with Crippen molar-refractivity contribution in [3.05, 3.63) is 181 Å². The van der Waals surface area contributed by atoms with Crippen LogP contribution in [0.5, 0.6) is 0 Å². The van der Waals surface area contributed by atoms with E-state index in [2.05, 4.69) is 194 Å². The third kappa shape index (κ3) is 4.54. The Kier molecular flexibility index (Phi) is 6.70. The number of hydrogen-bond acceptors (Lipinski definition) is 3. The van der Waals surface area contributed by atoms with Gasteiger partial charge in [-0.3, -0.25) is 0 Å². The van der Waals surface area contributed by atoms with Gasteiger partial charge in [-0.25, -0.2) is 0 Å². The Morgan fingerprint density at radius 3 is 1.40 bits per heavy atom. The third-order valence-electron chi connectivity index (χ3n) is 9.79. The summed E-state index contributed by atoms with van der Waals surface area (Å²) in [5.41, 5.74) is 12.3. The van der Waals surface area contributed by atoms with E-state index < -0.39 is 0 Å². The zero-order valence-corrected chi connectivity index (χ0v) is 27.8. The first-order chi connectivity index (χ1) is 23.6. The van der Waals surface area contributed by atoms with E-state index in [0.717, 1.165) is 28.4 Å². The first kappa shape index (κ1) is 28.6. The van der Waals surface area contributed by atoms with Gasteiger partial charge in [0, 0.05) is 59.7 Å². The van der Waals surface area contributed by atoms with E-state index >= 15 is 0 Å². The van der Waals surface area contributed by atoms with Gasteiger partial charge in [-0.15, -0.1) is 11.3 Å². The highest BCUT2D eigenvalue weighted by atomic mass is 32.1. The SMILES string of the molecule is CC1(C)c2cc(N(c3ccccc3)c3ccccc3)ccc2-c2ccc3c(sc4ccc(N(c5ccccc5)c5ccccc5)cc43)c21. The highest BCUT2D eigenvalue weighted by Gasteiger charge is 2.38. The Labute approximate surface area is 285 Å². The summed E-state index contributed by atoms with van der Waals surface area (Å²) >= 11 is 1.93. The van der Waals surface area contributed by atoms with Gasteiger partial charge in [-0.1, -0.05) is 105 Å². The molecule has 0 saturated heterocycles. The number of fused-ring (bicyclic) bond motifs is 7. The van der Waals surface area contributed by atoms with Gasteiger partial charge in [0.15, 0.2) is 0 Å². The van der Waals surface area contributed by atoms with E-state index in [1.54, 1.807) is 0 Å². The molecule has 1 aliphatic carbocycles. The lowest BCUT2D eigenvalue weighted by Gasteiger charge is -2.28. The fraction of sp³-hybridized carbons (Fsp3) is 0.0667. The van der Waals surface area contributed by atoms with Crippen molar-refractivity contribution in [1.29, 1.82) is 0 Å². The van der Waals surface area contributed by atoms with E-state index in [1.165, 1.54) is 48.1 Å². The molecule has 1 aromatic heterocycles. The number of rotatable bonds is 6. The Morgan fingerprint density at radius 2 is 0.875 bits per heavy atom. The molecule has 0 spiro atoms. The highest BCUT2D eigenvalue weighted by molar-refractivity contribution is 7.26. The van der Waals surface area contributed by atoms with Crippen LogP contribution in [-0.4, -0.2) is 0 Å². The third-order valence-corrected chi connectivity index (χ3v) is 11.0. The van der Waals surface area contributed by atoms with Crippen LogP contribution >= 0.6 is 11.3 Å². The predicted molar refractivity (Wildman–Crippen MR) is 206 cm³/mol. The summed E-state index contributed by atoms with van der Waals surface area (Å²) in [7, 11) is 0. The van der Waals surface area contributed by atoms with Gasteiger partial charge >= 0.3 is 0 Å². The monoisotopic (exact) mass is 634 g/mol. The van der Waals surface area contributed by atoms with Gasteiger partial charge in [0.2, 0.25) is 0 Å². The van der Waals surface area contributed by atoms with Crippen LogP contribution in [0.2, 0.25) is 0 Å². The molecule has 9 rings (SSSR count). The number of hydrogen-bond donors (Lipinski definition) is 0. The summed E-state index contributed by atoms with van der Waals surface area (Å²) in [6.45, 7) is 4.80. The number of thiophene rings is 1. The van der Waals surface area contributed by atoms with E-state index in [0.29, 0.717) is 0 Å². The average molecular weight is 635 g/mol. The van der Waals surface area contributed by atoms with Crippen molar-refractivity contribution in [3.8, 4) is 11.1 Å². The van der Waals surface area contributed by atoms with Crippen molar-refractivity contribution in [3.63, 3.8) is 0 Å². The van der Waals surface area contributed by atoms with Crippen molar-refractivity contribution in [2.24, 2.45) is 0 Å². The van der Waals surface area contributed by atoms with Crippen molar-refractivity contribution >= 4 is 65.6 Å². The number of para-hydroxylation sites is 4. The van der Waals surface area contributed by atoms with Gasteiger partial charge in [-0.05, 0) is 101 Å². The molecule has 1 heterocycles. The summed E-state index contributed by atoms with van der Waals surface area (Å²) in [5, 5.41) is 2.63. The standard InChI is InChI=1S/C45H34N2S/c1-45(2)41-30-36(47(33-19-11-5-12-20-33)34-21-13-6-14-22-34)23-25-37(41)38-26-27-39-40-29-35(24-28-42(40)48-44(39)43(38)45)46(31-15-7-3-8-16-31)32-17-9-4-10-18-32/h3-30H,1-2H3.